The highest BCUT2D eigenvalue weighted by molar-refractivity contribution is 6.16. The number of carbonyl (C=O) groups is 2. The van der Waals surface area contributed by atoms with Crippen molar-refractivity contribution in [3.05, 3.63) is 106 Å². The summed E-state index contributed by atoms with van der Waals surface area (Å²) in [5.74, 6) is -1.30. The number of phenols is 1. The maximum Gasteiger partial charge on any atom is 0.294 e. The third kappa shape index (κ3) is 3.89. The molecule has 2 N–H and O–H groups in total. The van der Waals surface area contributed by atoms with Crippen molar-refractivity contribution in [3.63, 3.8) is 0 Å². The SMILES string of the molecule is Cc1cccc(N2C(=O)C(O)=C(C(=O)CCc3ccccc3)C2c2ccc(O)cc2)c1C. The van der Waals surface area contributed by atoms with Gasteiger partial charge in [-0.3, -0.25) is 14.5 Å². The fraction of sp³-hybridized carbons (Fsp3) is 0.185. The lowest BCUT2D eigenvalue weighted by Crippen LogP contribution is -2.31. The van der Waals surface area contributed by atoms with Crippen LogP contribution in [0.1, 0.15) is 34.7 Å². The number of aryl methyl sites for hydroxylation is 2. The van der Waals surface area contributed by atoms with Crippen LogP contribution in [0.3, 0.4) is 0 Å². The lowest BCUT2D eigenvalue weighted by molar-refractivity contribution is -0.118. The van der Waals surface area contributed by atoms with E-state index in [4.69, 9.17) is 0 Å². The zero-order valence-electron chi connectivity index (χ0n) is 18.1. The summed E-state index contributed by atoms with van der Waals surface area (Å²) in [5.41, 5.74) is 4.29. The Morgan fingerprint density at radius 1 is 0.906 bits per heavy atom. The van der Waals surface area contributed by atoms with Crippen molar-refractivity contribution in [2.75, 3.05) is 4.90 Å². The summed E-state index contributed by atoms with van der Waals surface area (Å²) in [6, 6.07) is 20.9. The molecule has 0 aromatic heterocycles. The molecule has 3 aromatic carbocycles. The number of hydrogen-bond donors (Lipinski definition) is 2. The molecule has 0 spiro atoms. The molecular weight excluding hydrogens is 402 g/mol. The molecule has 3 aromatic rings. The van der Waals surface area contributed by atoms with Crippen molar-refractivity contribution in [2.45, 2.75) is 32.7 Å². The number of hydrogen-bond acceptors (Lipinski definition) is 4. The third-order valence-electron chi connectivity index (χ3n) is 6.04. The van der Waals surface area contributed by atoms with Gasteiger partial charge in [-0.15, -0.1) is 0 Å². The standard InChI is InChI=1S/C27H25NO4/c1-17-7-6-10-22(18(17)2)28-25(20-12-14-21(29)15-13-20)24(26(31)27(28)32)23(30)16-11-19-8-4-3-5-9-19/h3-10,12-15,25,29,31H,11,16H2,1-2H3. The number of aromatic hydroxyl groups is 1. The Hall–Kier alpha value is -3.86. The Labute approximate surface area is 187 Å². The molecule has 1 amide bonds. The molecule has 1 heterocycles. The highest BCUT2D eigenvalue weighted by atomic mass is 16.3. The number of amides is 1. The Morgan fingerprint density at radius 2 is 1.59 bits per heavy atom. The predicted octanol–water partition coefficient (Wildman–Crippen LogP) is 5.11. The second-order valence-corrected chi connectivity index (χ2v) is 8.06. The van der Waals surface area contributed by atoms with E-state index in [1.165, 1.54) is 17.0 Å². The summed E-state index contributed by atoms with van der Waals surface area (Å²) in [6.45, 7) is 3.87. The van der Waals surface area contributed by atoms with Gasteiger partial charge < -0.3 is 10.2 Å². The van der Waals surface area contributed by atoms with E-state index in [1.54, 1.807) is 12.1 Å². The zero-order valence-corrected chi connectivity index (χ0v) is 18.1. The summed E-state index contributed by atoms with van der Waals surface area (Å²) in [7, 11) is 0. The normalized spacial score (nSPS) is 16.0. The summed E-state index contributed by atoms with van der Waals surface area (Å²) in [6.07, 6.45) is 0.683. The fourth-order valence-electron chi connectivity index (χ4n) is 4.14. The molecule has 32 heavy (non-hydrogen) atoms. The molecule has 1 unspecified atom stereocenters. The van der Waals surface area contributed by atoms with E-state index in [2.05, 4.69) is 0 Å². The van der Waals surface area contributed by atoms with Crippen LogP contribution in [0, 0.1) is 13.8 Å². The molecule has 162 valence electrons. The van der Waals surface area contributed by atoms with Crippen LogP contribution in [0.25, 0.3) is 0 Å². The van der Waals surface area contributed by atoms with Crippen LogP contribution in [0.15, 0.2) is 84.1 Å². The molecule has 0 bridgehead atoms. The largest absolute Gasteiger partial charge is 0.508 e. The molecule has 0 saturated carbocycles. The van der Waals surface area contributed by atoms with Gasteiger partial charge in [-0.05, 0) is 60.7 Å². The summed E-state index contributed by atoms with van der Waals surface area (Å²) < 4.78 is 0. The van der Waals surface area contributed by atoms with Crippen molar-refractivity contribution in [1.29, 1.82) is 0 Å². The van der Waals surface area contributed by atoms with E-state index in [0.717, 1.165) is 16.7 Å². The van der Waals surface area contributed by atoms with Crippen molar-refractivity contribution in [2.24, 2.45) is 0 Å². The number of aliphatic hydroxyl groups is 1. The predicted molar refractivity (Wildman–Crippen MR) is 124 cm³/mol. The molecule has 0 radical (unpaired) electrons. The maximum atomic E-state index is 13.3. The van der Waals surface area contributed by atoms with Gasteiger partial charge in [0.2, 0.25) is 0 Å². The number of benzene rings is 3. The summed E-state index contributed by atoms with van der Waals surface area (Å²) in [4.78, 5) is 28.0. The van der Waals surface area contributed by atoms with E-state index in [-0.39, 0.29) is 23.5 Å². The quantitative estimate of drug-likeness (QED) is 0.573. The first-order chi connectivity index (χ1) is 15.4. The van der Waals surface area contributed by atoms with Gasteiger partial charge in [-0.1, -0.05) is 54.6 Å². The monoisotopic (exact) mass is 427 g/mol. The average molecular weight is 428 g/mol. The Balaban J connectivity index is 1.76. The number of ketones is 1. The first-order valence-corrected chi connectivity index (χ1v) is 10.6. The minimum absolute atomic E-state index is 0.0847. The first kappa shape index (κ1) is 21.4. The van der Waals surface area contributed by atoms with Crippen LogP contribution < -0.4 is 4.90 Å². The second-order valence-electron chi connectivity index (χ2n) is 8.06. The molecule has 1 aliphatic rings. The summed E-state index contributed by atoms with van der Waals surface area (Å²) in [5, 5.41) is 20.6. The van der Waals surface area contributed by atoms with Gasteiger partial charge in [-0.2, -0.15) is 0 Å². The highest BCUT2D eigenvalue weighted by Gasteiger charge is 2.44. The number of anilines is 1. The van der Waals surface area contributed by atoms with E-state index in [1.807, 2.05) is 62.4 Å². The lowest BCUT2D eigenvalue weighted by Gasteiger charge is -2.28. The molecule has 1 aliphatic heterocycles. The molecule has 0 saturated heterocycles. The molecule has 0 fully saturated rings. The van der Waals surface area contributed by atoms with Crippen LogP contribution in [0.4, 0.5) is 5.69 Å². The van der Waals surface area contributed by atoms with Crippen molar-refractivity contribution in [3.8, 4) is 5.75 Å². The minimum Gasteiger partial charge on any atom is -0.508 e. The van der Waals surface area contributed by atoms with E-state index >= 15 is 0 Å². The van der Waals surface area contributed by atoms with Gasteiger partial charge in [0.05, 0.1) is 11.6 Å². The van der Waals surface area contributed by atoms with Crippen LogP contribution in [-0.4, -0.2) is 21.9 Å². The highest BCUT2D eigenvalue weighted by Crippen LogP contribution is 2.43. The fourth-order valence-corrected chi connectivity index (χ4v) is 4.14. The second kappa shape index (κ2) is 8.71. The number of Topliss-reactive ketones (excluding diaryl/α,β-unsaturated/α-hetero) is 1. The van der Waals surface area contributed by atoms with Crippen molar-refractivity contribution >= 4 is 17.4 Å². The minimum atomic E-state index is -0.771. The maximum absolute atomic E-state index is 13.3. The number of carbonyl (C=O) groups excluding carboxylic acids is 2. The van der Waals surface area contributed by atoms with E-state index in [9.17, 15) is 19.8 Å². The van der Waals surface area contributed by atoms with E-state index in [0.29, 0.717) is 17.7 Å². The molecule has 1 atom stereocenters. The topological polar surface area (TPSA) is 77.8 Å². The van der Waals surface area contributed by atoms with Gasteiger partial charge in [0.25, 0.3) is 5.91 Å². The number of nitrogens with zero attached hydrogens (tertiary/aromatic N) is 1. The van der Waals surface area contributed by atoms with Crippen molar-refractivity contribution in [1.82, 2.24) is 0 Å². The van der Waals surface area contributed by atoms with Crippen LogP contribution >= 0.6 is 0 Å². The molecule has 5 heteroatoms. The third-order valence-corrected chi connectivity index (χ3v) is 6.04. The van der Waals surface area contributed by atoms with E-state index < -0.39 is 17.7 Å². The molecular formula is C27H25NO4. The molecule has 0 aliphatic carbocycles. The van der Waals surface area contributed by atoms with Crippen LogP contribution in [0.5, 0.6) is 5.75 Å². The van der Waals surface area contributed by atoms with Gasteiger partial charge in [0, 0.05) is 12.1 Å². The van der Waals surface area contributed by atoms with Crippen LogP contribution in [0.2, 0.25) is 0 Å². The van der Waals surface area contributed by atoms with Gasteiger partial charge in [-0.25, -0.2) is 0 Å². The zero-order chi connectivity index (χ0) is 22.8. The van der Waals surface area contributed by atoms with Gasteiger partial charge >= 0.3 is 0 Å². The van der Waals surface area contributed by atoms with Gasteiger partial charge in [0.1, 0.15) is 5.75 Å². The van der Waals surface area contributed by atoms with Crippen LogP contribution in [-0.2, 0) is 16.0 Å². The Morgan fingerprint density at radius 3 is 2.28 bits per heavy atom. The first-order valence-electron chi connectivity index (χ1n) is 10.6. The smallest absolute Gasteiger partial charge is 0.294 e. The average Bonchev–Trinajstić information content (AvgIpc) is 3.06. The number of aliphatic hydroxyl groups excluding tert-OH is 1. The Kier molecular flexibility index (Phi) is 5.82. The van der Waals surface area contributed by atoms with Crippen molar-refractivity contribution < 1.29 is 19.8 Å². The number of phenolic OH excluding ortho intramolecular Hbond substituents is 1. The Bertz CT molecular complexity index is 1200. The molecule has 5 nitrogen and oxygen atoms in total. The number of rotatable bonds is 6. The van der Waals surface area contributed by atoms with Gasteiger partial charge in [0.15, 0.2) is 11.5 Å². The molecule has 4 rings (SSSR count). The lowest BCUT2D eigenvalue weighted by atomic mass is 9.92. The summed E-state index contributed by atoms with van der Waals surface area (Å²) >= 11 is 0.